The Morgan fingerprint density at radius 3 is 2.52 bits per heavy atom. The zero-order valence-electron chi connectivity index (χ0n) is 17.1. The van der Waals surface area contributed by atoms with Gasteiger partial charge in [0.1, 0.15) is 11.5 Å². The molecule has 0 saturated carbocycles. The molecule has 0 aliphatic heterocycles. The monoisotopic (exact) mass is 533 g/mol. The summed E-state index contributed by atoms with van der Waals surface area (Å²) in [5.74, 6) is 1.11. The Kier molecular flexibility index (Phi) is 6.30. The summed E-state index contributed by atoms with van der Waals surface area (Å²) in [6.45, 7) is 0. The summed E-state index contributed by atoms with van der Waals surface area (Å²) in [7, 11) is 0. The normalized spacial score (nSPS) is 11.2. The molecule has 0 saturated heterocycles. The highest BCUT2D eigenvalue weighted by Crippen LogP contribution is 2.32. The lowest BCUT2D eigenvalue weighted by atomic mass is 10.2. The molecule has 2 heterocycles. The third-order valence-corrected chi connectivity index (χ3v) is 6.93. The van der Waals surface area contributed by atoms with Crippen LogP contribution in [0.15, 0.2) is 99.9 Å². The summed E-state index contributed by atoms with van der Waals surface area (Å²) in [6.07, 6.45) is 1.68. The third-order valence-electron chi connectivity index (χ3n) is 4.64. The summed E-state index contributed by atoms with van der Waals surface area (Å²) >= 11 is 6.45. The predicted octanol–water partition coefficient (Wildman–Crippen LogP) is 7.59. The van der Waals surface area contributed by atoms with Crippen LogP contribution in [-0.2, 0) is 0 Å². The molecule has 0 aliphatic carbocycles. The van der Waals surface area contributed by atoms with Gasteiger partial charge in [-0.15, -0.1) is 11.3 Å². The molecule has 0 aliphatic rings. The molecular weight excluding hydrogens is 518 g/mol. The van der Waals surface area contributed by atoms with Crippen LogP contribution < -0.4 is 9.75 Å². The van der Waals surface area contributed by atoms with Crippen LogP contribution in [0.25, 0.3) is 10.2 Å². The Hall–Kier alpha value is -3.33. The lowest BCUT2D eigenvalue weighted by Crippen LogP contribution is -2.25. The van der Waals surface area contributed by atoms with Gasteiger partial charge in [-0.25, -0.2) is 4.98 Å². The van der Waals surface area contributed by atoms with E-state index < -0.39 is 0 Å². The number of anilines is 1. The van der Waals surface area contributed by atoms with Crippen molar-refractivity contribution >= 4 is 66.1 Å². The van der Waals surface area contributed by atoms with Crippen molar-refractivity contribution in [1.82, 2.24) is 4.98 Å². The minimum Gasteiger partial charge on any atom is -0.457 e. The Labute approximate surface area is 206 Å². The second-order valence-electron chi connectivity index (χ2n) is 6.92. The molecule has 0 fully saturated rings. The van der Waals surface area contributed by atoms with Crippen LogP contribution in [0.2, 0.25) is 0 Å². The van der Waals surface area contributed by atoms with Gasteiger partial charge < -0.3 is 4.74 Å². The van der Waals surface area contributed by atoms with E-state index in [4.69, 9.17) is 4.74 Å². The van der Waals surface area contributed by atoms with Crippen LogP contribution in [0, 0.1) is 0 Å². The number of aromatic nitrogens is 1. The van der Waals surface area contributed by atoms with E-state index in [1.165, 1.54) is 16.3 Å². The van der Waals surface area contributed by atoms with Gasteiger partial charge >= 0.3 is 0 Å². The third kappa shape index (κ3) is 5.03. The summed E-state index contributed by atoms with van der Waals surface area (Å²) in [6, 6.07) is 26.3. The number of hydrogen-bond donors (Lipinski definition) is 0. The summed E-state index contributed by atoms with van der Waals surface area (Å²) in [5.41, 5.74) is 1.30. The lowest BCUT2D eigenvalue weighted by Gasteiger charge is -2.14. The maximum absolute atomic E-state index is 13.5. The SMILES string of the molecule is O=C(c1ccc(Oc2ccccc2)cc1)N(/N=C/c1cccs1)c1nc2ccc(Br)cc2s1. The average Bonchev–Trinajstić information content (AvgIpc) is 3.50. The molecule has 5 aromatic rings. The lowest BCUT2D eigenvalue weighted by molar-refractivity contribution is 0.0988. The molecule has 0 radical (unpaired) electrons. The van der Waals surface area contributed by atoms with Crippen molar-refractivity contribution in [2.24, 2.45) is 5.10 Å². The van der Waals surface area contributed by atoms with Crippen LogP contribution in [0.5, 0.6) is 11.5 Å². The molecular formula is C25H16BrN3O2S2. The van der Waals surface area contributed by atoms with Crippen LogP contribution in [0.4, 0.5) is 5.13 Å². The molecule has 0 bridgehead atoms. The molecule has 5 rings (SSSR count). The van der Waals surface area contributed by atoms with Crippen LogP contribution >= 0.6 is 38.6 Å². The molecule has 2 aromatic heterocycles. The fraction of sp³-hybridized carbons (Fsp3) is 0. The zero-order valence-corrected chi connectivity index (χ0v) is 20.3. The maximum Gasteiger partial charge on any atom is 0.280 e. The van der Waals surface area contributed by atoms with Gasteiger partial charge in [0.05, 0.1) is 16.4 Å². The van der Waals surface area contributed by atoms with Gasteiger partial charge in [-0.3, -0.25) is 4.79 Å². The number of fused-ring (bicyclic) bond motifs is 1. The second-order valence-corrected chi connectivity index (χ2v) is 9.83. The van der Waals surface area contributed by atoms with Crippen molar-refractivity contribution in [1.29, 1.82) is 0 Å². The Balaban J connectivity index is 1.45. The van der Waals surface area contributed by atoms with Crippen molar-refractivity contribution in [3.8, 4) is 11.5 Å². The fourth-order valence-electron chi connectivity index (χ4n) is 3.06. The van der Waals surface area contributed by atoms with Crippen molar-refractivity contribution in [2.75, 3.05) is 5.01 Å². The Morgan fingerprint density at radius 1 is 0.970 bits per heavy atom. The number of nitrogens with zero attached hydrogens (tertiary/aromatic N) is 3. The first-order valence-electron chi connectivity index (χ1n) is 9.97. The molecule has 0 spiro atoms. The van der Waals surface area contributed by atoms with Crippen LogP contribution in [-0.4, -0.2) is 17.1 Å². The highest BCUT2D eigenvalue weighted by Gasteiger charge is 2.21. The van der Waals surface area contributed by atoms with E-state index in [9.17, 15) is 4.79 Å². The number of rotatable bonds is 6. The van der Waals surface area contributed by atoms with Crippen molar-refractivity contribution in [3.63, 3.8) is 0 Å². The largest absolute Gasteiger partial charge is 0.457 e. The van der Waals surface area contributed by atoms with Gasteiger partial charge in [-0.2, -0.15) is 10.1 Å². The molecule has 8 heteroatoms. The minimum atomic E-state index is -0.271. The second kappa shape index (κ2) is 9.66. The van der Waals surface area contributed by atoms with Crippen LogP contribution in [0.3, 0.4) is 0 Å². The molecule has 1 amide bonds. The molecule has 162 valence electrons. The summed E-state index contributed by atoms with van der Waals surface area (Å²) in [5, 5.41) is 8.32. The summed E-state index contributed by atoms with van der Waals surface area (Å²) < 4.78 is 7.76. The van der Waals surface area contributed by atoms with Gasteiger partial charge in [-0.05, 0) is 66.0 Å². The topological polar surface area (TPSA) is 54.8 Å². The van der Waals surface area contributed by atoms with Gasteiger partial charge in [0.2, 0.25) is 5.13 Å². The number of thiazole rings is 1. The van der Waals surface area contributed by atoms with E-state index in [0.29, 0.717) is 16.4 Å². The molecule has 0 unspecified atom stereocenters. The van der Waals surface area contributed by atoms with E-state index in [1.54, 1.807) is 41.8 Å². The van der Waals surface area contributed by atoms with Gasteiger partial charge in [-0.1, -0.05) is 51.5 Å². The first kappa shape index (κ1) is 21.5. The van der Waals surface area contributed by atoms with Gasteiger partial charge in [0.15, 0.2) is 0 Å². The number of thiophene rings is 1. The fourth-order valence-corrected chi connectivity index (χ4v) is 5.11. The van der Waals surface area contributed by atoms with Crippen molar-refractivity contribution in [2.45, 2.75) is 0 Å². The number of para-hydroxylation sites is 1. The molecule has 5 nitrogen and oxygen atoms in total. The molecule has 33 heavy (non-hydrogen) atoms. The quantitative estimate of drug-likeness (QED) is 0.167. The number of ether oxygens (including phenoxy) is 1. The smallest absolute Gasteiger partial charge is 0.280 e. The number of hydrogen-bond acceptors (Lipinski definition) is 6. The highest BCUT2D eigenvalue weighted by atomic mass is 79.9. The average molecular weight is 534 g/mol. The molecule has 0 atom stereocenters. The first-order valence-corrected chi connectivity index (χ1v) is 12.5. The number of hydrazone groups is 1. The van der Waals surface area contributed by atoms with Crippen molar-refractivity contribution in [3.05, 3.63) is 105 Å². The number of carbonyl (C=O) groups is 1. The van der Waals surface area contributed by atoms with Crippen molar-refractivity contribution < 1.29 is 9.53 Å². The van der Waals surface area contributed by atoms with E-state index >= 15 is 0 Å². The molecule has 3 aromatic carbocycles. The Bertz CT molecular complexity index is 1420. The standard InChI is InChI=1S/C25H16BrN3O2S2/c26-18-10-13-22-23(15-18)33-25(28-22)29(27-16-21-7-4-14-32-21)24(30)17-8-11-20(12-9-17)31-19-5-2-1-3-6-19/h1-16H/b27-16+. The van der Waals surface area contributed by atoms with Crippen LogP contribution in [0.1, 0.15) is 15.2 Å². The van der Waals surface area contributed by atoms with Gasteiger partial charge in [0, 0.05) is 14.9 Å². The Morgan fingerprint density at radius 2 is 1.76 bits per heavy atom. The van der Waals surface area contributed by atoms with E-state index in [2.05, 4.69) is 26.0 Å². The van der Waals surface area contributed by atoms with E-state index in [0.717, 1.165) is 25.3 Å². The van der Waals surface area contributed by atoms with E-state index in [1.807, 2.05) is 66.0 Å². The number of benzene rings is 3. The number of halogens is 1. The maximum atomic E-state index is 13.5. The molecule has 0 N–H and O–H groups in total. The van der Waals surface area contributed by atoms with Gasteiger partial charge in [0.25, 0.3) is 5.91 Å². The first-order chi connectivity index (χ1) is 16.2. The summed E-state index contributed by atoms with van der Waals surface area (Å²) in [4.78, 5) is 19.0. The minimum absolute atomic E-state index is 0.271. The van der Waals surface area contributed by atoms with E-state index in [-0.39, 0.29) is 5.91 Å². The predicted molar refractivity (Wildman–Crippen MR) is 139 cm³/mol. The highest BCUT2D eigenvalue weighted by molar-refractivity contribution is 9.10. The number of amides is 1. The zero-order chi connectivity index (χ0) is 22.6. The number of carbonyl (C=O) groups excluding carboxylic acids is 1.